The van der Waals surface area contributed by atoms with Crippen LogP contribution in [0.1, 0.15) is 38.7 Å². The molecular formula is C15H23NO4. The van der Waals surface area contributed by atoms with E-state index in [0.29, 0.717) is 13.1 Å². The fourth-order valence-electron chi connectivity index (χ4n) is 2.63. The van der Waals surface area contributed by atoms with E-state index >= 15 is 0 Å². The van der Waals surface area contributed by atoms with E-state index in [2.05, 4.69) is 0 Å². The summed E-state index contributed by atoms with van der Waals surface area (Å²) in [4.78, 5) is 13.8. The number of aliphatic hydroxyl groups is 1. The lowest BCUT2D eigenvalue weighted by Gasteiger charge is -2.38. The van der Waals surface area contributed by atoms with Crippen molar-refractivity contribution in [2.45, 2.75) is 38.7 Å². The third kappa shape index (κ3) is 3.54. The van der Waals surface area contributed by atoms with Crippen molar-refractivity contribution < 1.29 is 19.1 Å². The zero-order valence-corrected chi connectivity index (χ0v) is 12.3. The van der Waals surface area contributed by atoms with Gasteiger partial charge in [0.05, 0.1) is 12.5 Å². The Morgan fingerprint density at radius 3 is 2.85 bits per heavy atom. The predicted molar refractivity (Wildman–Crippen MR) is 74.4 cm³/mol. The minimum Gasteiger partial charge on any atom is -0.472 e. The van der Waals surface area contributed by atoms with Crippen molar-refractivity contribution in [2.24, 2.45) is 5.92 Å². The van der Waals surface area contributed by atoms with Crippen LogP contribution >= 0.6 is 0 Å². The molecule has 0 aromatic carbocycles. The highest BCUT2D eigenvalue weighted by Gasteiger charge is 2.34. The predicted octanol–water partition coefficient (Wildman–Crippen LogP) is 2.61. The number of furan rings is 1. The lowest BCUT2D eigenvalue weighted by molar-refractivity contribution is 0.0101. The van der Waals surface area contributed by atoms with Crippen LogP contribution < -0.4 is 0 Å². The molecular weight excluding hydrogens is 258 g/mol. The number of ether oxygens (including phenoxy) is 1. The van der Waals surface area contributed by atoms with Crippen molar-refractivity contribution in [1.82, 2.24) is 4.90 Å². The van der Waals surface area contributed by atoms with E-state index in [9.17, 15) is 9.90 Å². The fraction of sp³-hybridized carbons (Fsp3) is 0.667. The van der Waals surface area contributed by atoms with Gasteiger partial charge in [-0.25, -0.2) is 4.79 Å². The summed E-state index contributed by atoms with van der Waals surface area (Å²) >= 11 is 0. The number of amides is 1. The molecule has 0 spiro atoms. The van der Waals surface area contributed by atoms with Crippen LogP contribution in [0, 0.1) is 5.92 Å². The monoisotopic (exact) mass is 281 g/mol. The summed E-state index contributed by atoms with van der Waals surface area (Å²) < 4.78 is 10.5. The fourth-order valence-corrected chi connectivity index (χ4v) is 2.63. The normalized spacial score (nSPS) is 23.7. The molecule has 2 heterocycles. The molecule has 0 aliphatic carbocycles. The molecule has 1 fully saturated rings. The molecule has 1 saturated heterocycles. The first-order chi connectivity index (χ1) is 9.40. The Balaban J connectivity index is 2.00. The van der Waals surface area contributed by atoms with Crippen LogP contribution in [-0.4, -0.2) is 41.4 Å². The van der Waals surface area contributed by atoms with Crippen LogP contribution in [-0.2, 0) is 4.74 Å². The molecule has 2 atom stereocenters. The second-order valence-electron chi connectivity index (χ2n) is 6.32. The maximum absolute atomic E-state index is 12.1. The molecule has 0 bridgehead atoms. The number of piperidine rings is 1. The molecule has 1 N–H and O–H groups in total. The Labute approximate surface area is 119 Å². The van der Waals surface area contributed by atoms with Crippen LogP contribution in [0.4, 0.5) is 4.79 Å². The van der Waals surface area contributed by atoms with Gasteiger partial charge >= 0.3 is 6.09 Å². The first-order valence-electron chi connectivity index (χ1n) is 7.01. The standard InChI is InChI=1S/C15H23NO4/c1-15(2,3)20-14(18)16-6-4-13(12(8-16)9-17)11-5-7-19-10-11/h5,7,10,12-13,17H,4,6,8-9H2,1-3H3/t12?,13-/m0/s1. The topological polar surface area (TPSA) is 62.9 Å². The van der Waals surface area contributed by atoms with Gasteiger partial charge in [-0.2, -0.15) is 0 Å². The molecule has 1 aliphatic rings. The number of rotatable bonds is 2. The summed E-state index contributed by atoms with van der Waals surface area (Å²) in [5.74, 6) is 0.256. The SMILES string of the molecule is CC(C)(C)OC(=O)N1CC[C@@H](c2ccoc2)C(CO)C1. The summed E-state index contributed by atoms with van der Waals surface area (Å²) in [6.07, 6.45) is 3.87. The van der Waals surface area contributed by atoms with Crippen molar-refractivity contribution in [3.05, 3.63) is 24.2 Å². The summed E-state index contributed by atoms with van der Waals surface area (Å²) in [5.41, 5.74) is 0.598. The van der Waals surface area contributed by atoms with Crippen molar-refractivity contribution in [2.75, 3.05) is 19.7 Å². The van der Waals surface area contributed by atoms with Crippen molar-refractivity contribution in [3.63, 3.8) is 0 Å². The third-order valence-electron chi connectivity index (χ3n) is 3.59. The summed E-state index contributed by atoms with van der Waals surface area (Å²) in [6.45, 7) is 6.77. The average molecular weight is 281 g/mol. The Morgan fingerprint density at radius 1 is 1.55 bits per heavy atom. The molecule has 2 rings (SSSR count). The number of carbonyl (C=O) groups excluding carboxylic acids is 1. The van der Waals surface area contributed by atoms with Crippen LogP contribution in [0.3, 0.4) is 0 Å². The lowest BCUT2D eigenvalue weighted by atomic mass is 9.82. The van der Waals surface area contributed by atoms with E-state index in [-0.39, 0.29) is 24.5 Å². The van der Waals surface area contributed by atoms with Gasteiger partial charge in [0.2, 0.25) is 0 Å². The van der Waals surface area contributed by atoms with Gasteiger partial charge in [0.25, 0.3) is 0 Å². The molecule has 0 radical (unpaired) electrons. The first kappa shape index (κ1) is 14.9. The van der Waals surface area contributed by atoms with E-state index < -0.39 is 5.60 Å². The van der Waals surface area contributed by atoms with Crippen molar-refractivity contribution in [3.8, 4) is 0 Å². The van der Waals surface area contributed by atoms with E-state index in [1.54, 1.807) is 17.4 Å². The molecule has 0 saturated carbocycles. The van der Waals surface area contributed by atoms with Crippen LogP contribution in [0.25, 0.3) is 0 Å². The second kappa shape index (κ2) is 5.87. The summed E-state index contributed by atoms with van der Waals surface area (Å²) in [7, 11) is 0. The lowest BCUT2D eigenvalue weighted by Crippen LogP contribution is -2.46. The molecule has 1 amide bonds. The molecule has 20 heavy (non-hydrogen) atoms. The zero-order valence-electron chi connectivity index (χ0n) is 12.3. The van der Waals surface area contributed by atoms with Crippen LogP contribution in [0.5, 0.6) is 0 Å². The molecule has 1 aromatic heterocycles. The minimum absolute atomic E-state index is 0.0221. The maximum Gasteiger partial charge on any atom is 0.410 e. The van der Waals surface area contributed by atoms with Crippen molar-refractivity contribution >= 4 is 6.09 Å². The van der Waals surface area contributed by atoms with Gasteiger partial charge < -0.3 is 19.2 Å². The quantitative estimate of drug-likeness (QED) is 0.905. The maximum atomic E-state index is 12.1. The second-order valence-corrected chi connectivity index (χ2v) is 6.32. The Hall–Kier alpha value is -1.49. The smallest absolute Gasteiger partial charge is 0.410 e. The first-order valence-corrected chi connectivity index (χ1v) is 7.01. The zero-order chi connectivity index (χ0) is 14.8. The Morgan fingerprint density at radius 2 is 2.30 bits per heavy atom. The van der Waals surface area contributed by atoms with E-state index in [1.807, 2.05) is 26.8 Å². The molecule has 1 aromatic rings. The molecule has 1 unspecified atom stereocenters. The van der Waals surface area contributed by atoms with E-state index in [4.69, 9.17) is 9.15 Å². The summed E-state index contributed by atoms with van der Waals surface area (Å²) in [6, 6.07) is 1.93. The van der Waals surface area contributed by atoms with Gasteiger partial charge in [-0.05, 0) is 44.7 Å². The van der Waals surface area contributed by atoms with E-state index in [0.717, 1.165) is 12.0 Å². The van der Waals surface area contributed by atoms with Crippen LogP contribution in [0.15, 0.2) is 23.0 Å². The van der Waals surface area contributed by atoms with Gasteiger partial charge in [0.1, 0.15) is 5.60 Å². The third-order valence-corrected chi connectivity index (χ3v) is 3.59. The number of likely N-dealkylation sites (tertiary alicyclic amines) is 1. The number of hydrogen-bond acceptors (Lipinski definition) is 4. The Bertz CT molecular complexity index is 435. The van der Waals surface area contributed by atoms with Crippen molar-refractivity contribution in [1.29, 1.82) is 0 Å². The van der Waals surface area contributed by atoms with E-state index in [1.165, 1.54) is 0 Å². The minimum atomic E-state index is -0.493. The number of carbonyl (C=O) groups is 1. The largest absolute Gasteiger partial charge is 0.472 e. The summed E-state index contributed by atoms with van der Waals surface area (Å²) in [5, 5.41) is 9.58. The molecule has 112 valence electrons. The van der Waals surface area contributed by atoms with Gasteiger partial charge in [-0.3, -0.25) is 0 Å². The van der Waals surface area contributed by atoms with Crippen LogP contribution in [0.2, 0.25) is 0 Å². The number of nitrogens with zero attached hydrogens (tertiary/aromatic N) is 1. The molecule has 5 nitrogen and oxygen atoms in total. The van der Waals surface area contributed by atoms with Gasteiger partial charge in [-0.1, -0.05) is 0 Å². The molecule has 5 heteroatoms. The number of aliphatic hydroxyl groups excluding tert-OH is 1. The molecule has 1 aliphatic heterocycles. The van der Waals surface area contributed by atoms with Gasteiger partial charge in [-0.15, -0.1) is 0 Å². The Kier molecular flexibility index (Phi) is 4.38. The van der Waals surface area contributed by atoms with Gasteiger partial charge in [0.15, 0.2) is 0 Å². The highest BCUT2D eigenvalue weighted by molar-refractivity contribution is 5.68. The highest BCUT2D eigenvalue weighted by Crippen LogP contribution is 2.33. The average Bonchev–Trinajstić information content (AvgIpc) is 2.89. The number of hydrogen-bond donors (Lipinski definition) is 1. The highest BCUT2D eigenvalue weighted by atomic mass is 16.6. The van der Waals surface area contributed by atoms with Gasteiger partial charge in [0, 0.05) is 25.6 Å².